The van der Waals surface area contributed by atoms with Gasteiger partial charge in [-0.15, -0.1) is 0 Å². The van der Waals surface area contributed by atoms with E-state index >= 15 is 0 Å². The Labute approximate surface area is 120 Å². The molecule has 0 heterocycles. The van der Waals surface area contributed by atoms with Crippen LogP contribution in [0.3, 0.4) is 0 Å². The first kappa shape index (κ1) is 15.8. The van der Waals surface area contributed by atoms with E-state index in [9.17, 15) is 4.79 Å². The van der Waals surface area contributed by atoms with Crippen molar-refractivity contribution in [1.29, 1.82) is 0 Å². The van der Waals surface area contributed by atoms with Crippen LogP contribution in [0.25, 0.3) is 0 Å². The van der Waals surface area contributed by atoms with Crippen molar-refractivity contribution in [2.45, 2.75) is 6.42 Å². The number of urea groups is 1. The maximum absolute atomic E-state index is 11.6. The number of nitrogens with one attached hydrogen (secondary N) is 2. The molecule has 1 aromatic rings. The van der Waals surface area contributed by atoms with Crippen LogP contribution in [0, 0.1) is 11.8 Å². The van der Waals surface area contributed by atoms with E-state index in [2.05, 4.69) is 34.0 Å². The Hall–Kier alpha value is -2.25. The topological polar surface area (TPSA) is 44.4 Å². The van der Waals surface area contributed by atoms with Gasteiger partial charge >= 0.3 is 6.03 Å². The summed E-state index contributed by atoms with van der Waals surface area (Å²) in [6, 6.07) is 7.18. The minimum Gasteiger partial charge on any atom is -0.338 e. The number of nitrogens with zero attached hydrogens (tertiary/aromatic N) is 1. The highest BCUT2D eigenvalue weighted by molar-refractivity contribution is 5.89. The molecule has 0 spiro atoms. The number of carbonyl (C=O) groups is 1. The Kier molecular flexibility index (Phi) is 6.94. The first-order valence-electron chi connectivity index (χ1n) is 6.54. The summed E-state index contributed by atoms with van der Waals surface area (Å²) in [6.45, 7) is 5.15. The number of rotatable bonds is 5. The quantitative estimate of drug-likeness (QED) is 0.637. The van der Waals surface area contributed by atoms with Gasteiger partial charge in [0.2, 0.25) is 0 Å². The minimum atomic E-state index is -0.186. The fourth-order valence-electron chi connectivity index (χ4n) is 1.54. The molecule has 0 aliphatic carbocycles. The average molecular weight is 271 g/mol. The highest BCUT2D eigenvalue weighted by atomic mass is 16.2. The lowest BCUT2D eigenvalue weighted by Gasteiger charge is -2.10. The molecular formula is C16H21N3O. The summed E-state index contributed by atoms with van der Waals surface area (Å²) < 4.78 is 0. The zero-order chi connectivity index (χ0) is 14.8. The molecule has 1 rings (SSSR count). The van der Waals surface area contributed by atoms with Gasteiger partial charge in [-0.3, -0.25) is 0 Å². The molecule has 0 atom stereocenters. The van der Waals surface area contributed by atoms with Crippen molar-refractivity contribution >= 4 is 11.7 Å². The molecule has 2 N–H and O–H groups in total. The monoisotopic (exact) mass is 271 g/mol. The van der Waals surface area contributed by atoms with E-state index in [0.29, 0.717) is 6.54 Å². The lowest BCUT2D eigenvalue weighted by Crippen LogP contribution is -2.31. The number of anilines is 1. The zero-order valence-electron chi connectivity index (χ0n) is 12.1. The van der Waals surface area contributed by atoms with Crippen molar-refractivity contribution in [3.05, 3.63) is 42.5 Å². The van der Waals surface area contributed by atoms with Gasteiger partial charge in [0.15, 0.2) is 0 Å². The van der Waals surface area contributed by atoms with Crippen LogP contribution in [0.5, 0.6) is 0 Å². The third-order valence-corrected chi connectivity index (χ3v) is 2.53. The van der Waals surface area contributed by atoms with Gasteiger partial charge in [0, 0.05) is 17.8 Å². The second-order valence-corrected chi connectivity index (χ2v) is 4.59. The lowest BCUT2D eigenvalue weighted by molar-refractivity contribution is 0.251. The molecule has 0 aromatic heterocycles. The van der Waals surface area contributed by atoms with Crippen molar-refractivity contribution in [2.75, 3.05) is 32.5 Å². The largest absolute Gasteiger partial charge is 0.338 e. The van der Waals surface area contributed by atoms with Crippen LogP contribution in [-0.4, -0.2) is 38.1 Å². The van der Waals surface area contributed by atoms with E-state index in [0.717, 1.165) is 24.2 Å². The molecule has 0 unspecified atom stereocenters. The van der Waals surface area contributed by atoms with Crippen molar-refractivity contribution < 1.29 is 4.79 Å². The standard InChI is InChI=1S/C16H21N3O/c1-4-5-7-14-8-10-15(11-9-14)18-16(20)17-12-6-13-19(2)3/h4,8-11H,1,6,12-13H2,2-3H3,(H2,17,18,20). The zero-order valence-corrected chi connectivity index (χ0v) is 12.1. The first-order chi connectivity index (χ1) is 9.61. The summed E-state index contributed by atoms with van der Waals surface area (Å²) in [7, 11) is 4.02. The van der Waals surface area contributed by atoms with E-state index < -0.39 is 0 Å². The number of hydrogen-bond acceptors (Lipinski definition) is 2. The fourth-order valence-corrected chi connectivity index (χ4v) is 1.54. The van der Waals surface area contributed by atoms with Crippen molar-refractivity contribution in [3.63, 3.8) is 0 Å². The van der Waals surface area contributed by atoms with E-state index in [1.807, 2.05) is 38.4 Å². The third-order valence-electron chi connectivity index (χ3n) is 2.53. The van der Waals surface area contributed by atoms with Gasteiger partial charge < -0.3 is 15.5 Å². The molecule has 4 heteroatoms. The fraction of sp³-hybridized carbons (Fsp3) is 0.312. The van der Waals surface area contributed by atoms with Crippen molar-refractivity contribution in [3.8, 4) is 11.8 Å². The third kappa shape index (κ3) is 6.62. The lowest BCUT2D eigenvalue weighted by atomic mass is 10.2. The van der Waals surface area contributed by atoms with Crippen LogP contribution in [0.2, 0.25) is 0 Å². The molecule has 0 saturated carbocycles. The van der Waals surface area contributed by atoms with Crippen molar-refractivity contribution in [2.24, 2.45) is 0 Å². The highest BCUT2D eigenvalue weighted by Gasteiger charge is 2.00. The van der Waals surface area contributed by atoms with Crippen LogP contribution in [0.15, 0.2) is 36.9 Å². The summed E-state index contributed by atoms with van der Waals surface area (Å²) in [6.07, 6.45) is 2.48. The van der Waals surface area contributed by atoms with E-state index in [4.69, 9.17) is 0 Å². The summed E-state index contributed by atoms with van der Waals surface area (Å²) in [5.41, 5.74) is 1.64. The first-order valence-corrected chi connectivity index (χ1v) is 6.54. The minimum absolute atomic E-state index is 0.186. The molecule has 1 aromatic carbocycles. The predicted molar refractivity (Wildman–Crippen MR) is 83.7 cm³/mol. The van der Waals surface area contributed by atoms with Crippen LogP contribution < -0.4 is 10.6 Å². The van der Waals surface area contributed by atoms with Gasteiger partial charge in [-0.05, 0) is 57.4 Å². The molecule has 0 bridgehead atoms. The Balaban J connectivity index is 2.36. The second kappa shape index (κ2) is 8.78. The maximum atomic E-state index is 11.6. The molecule has 2 amide bonds. The number of allylic oxidation sites excluding steroid dienone is 1. The van der Waals surface area contributed by atoms with Crippen molar-refractivity contribution in [1.82, 2.24) is 10.2 Å². The number of carbonyl (C=O) groups excluding carboxylic acids is 1. The molecule has 0 aliphatic heterocycles. The molecule has 0 aliphatic rings. The maximum Gasteiger partial charge on any atom is 0.319 e. The average Bonchev–Trinajstić information content (AvgIpc) is 2.43. The van der Waals surface area contributed by atoms with Gasteiger partial charge in [0.25, 0.3) is 0 Å². The Morgan fingerprint density at radius 1 is 1.35 bits per heavy atom. The van der Waals surface area contributed by atoms with E-state index in [1.165, 1.54) is 0 Å². The van der Waals surface area contributed by atoms with Crippen LogP contribution in [0.4, 0.5) is 10.5 Å². The molecule has 20 heavy (non-hydrogen) atoms. The van der Waals surface area contributed by atoms with Gasteiger partial charge in [-0.2, -0.15) is 0 Å². The normalized spacial score (nSPS) is 9.55. The Morgan fingerprint density at radius 3 is 2.65 bits per heavy atom. The summed E-state index contributed by atoms with van der Waals surface area (Å²) in [5.74, 6) is 5.70. The summed E-state index contributed by atoms with van der Waals surface area (Å²) in [5, 5.41) is 5.60. The molecule has 106 valence electrons. The molecule has 0 fully saturated rings. The van der Waals surface area contributed by atoms with Gasteiger partial charge in [0.1, 0.15) is 0 Å². The van der Waals surface area contributed by atoms with Crippen LogP contribution in [-0.2, 0) is 0 Å². The highest BCUT2D eigenvalue weighted by Crippen LogP contribution is 2.08. The Bertz CT molecular complexity index is 495. The number of hydrogen-bond donors (Lipinski definition) is 2. The van der Waals surface area contributed by atoms with Gasteiger partial charge in [-0.1, -0.05) is 18.4 Å². The van der Waals surface area contributed by atoms with Gasteiger partial charge in [-0.25, -0.2) is 4.79 Å². The number of benzene rings is 1. The molecular weight excluding hydrogens is 250 g/mol. The number of amides is 2. The molecule has 0 saturated heterocycles. The summed E-state index contributed by atoms with van der Waals surface area (Å²) in [4.78, 5) is 13.7. The summed E-state index contributed by atoms with van der Waals surface area (Å²) >= 11 is 0. The van der Waals surface area contributed by atoms with Crippen LogP contribution >= 0.6 is 0 Å². The molecule has 0 radical (unpaired) electrons. The SMILES string of the molecule is C=CC#Cc1ccc(NC(=O)NCCCN(C)C)cc1. The van der Waals surface area contributed by atoms with Gasteiger partial charge in [0.05, 0.1) is 0 Å². The smallest absolute Gasteiger partial charge is 0.319 e. The predicted octanol–water partition coefficient (Wildman–Crippen LogP) is 2.30. The van der Waals surface area contributed by atoms with Crippen LogP contribution in [0.1, 0.15) is 12.0 Å². The van der Waals surface area contributed by atoms with E-state index in [1.54, 1.807) is 6.08 Å². The van der Waals surface area contributed by atoms with E-state index in [-0.39, 0.29) is 6.03 Å². The molecule has 4 nitrogen and oxygen atoms in total. The second-order valence-electron chi connectivity index (χ2n) is 4.59. The Morgan fingerprint density at radius 2 is 2.05 bits per heavy atom.